The van der Waals surface area contributed by atoms with Crippen LogP contribution >= 0.6 is 0 Å². The van der Waals surface area contributed by atoms with Gasteiger partial charge in [-0.2, -0.15) is 0 Å². The van der Waals surface area contributed by atoms with Gasteiger partial charge in [-0.3, -0.25) is 0 Å². The Morgan fingerprint density at radius 1 is 1.27 bits per heavy atom. The summed E-state index contributed by atoms with van der Waals surface area (Å²) in [4.78, 5) is 0. The minimum atomic E-state index is 0.277. The van der Waals surface area contributed by atoms with Gasteiger partial charge in [0.05, 0.1) is 11.8 Å². The molecule has 1 aliphatic carbocycles. The fourth-order valence-corrected chi connectivity index (χ4v) is 1.95. The van der Waals surface area contributed by atoms with E-state index in [0.717, 1.165) is 28.9 Å². The number of hydrogen-bond donors (Lipinski definition) is 1. The lowest BCUT2D eigenvalue weighted by Gasteiger charge is -2.22. The van der Waals surface area contributed by atoms with Crippen molar-refractivity contribution in [3.05, 3.63) is 53.8 Å². The van der Waals surface area contributed by atoms with Gasteiger partial charge in [-0.15, -0.1) is 0 Å². The first-order valence-electron chi connectivity index (χ1n) is 4.91. The summed E-state index contributed by atoms with van der Waals surface area (Å²) in [5.41, 5.74) is 2.99. The van der Waals surface area contributed by atoms with Crippen LogP contribution in [0.25, 0.3) is 5.57 Å². The van der Waals surface area contributed by atoms with Crippen LogP contribution in [0.2, 0.25) is 0 Å². The maximum absolute atomic E-state index is 9.82. The van der Waals surface area contributed by atoms with E-state index in [4.69, 9.17) is 4.74 Å². The summed E-state index contributed by atoms with van der Waals surface area (Å²) in [7, 11) is 0. The van der Waals surface area contributed by atoms with Gasteiger partial charge in [0.15, 0.2) is 0 Å². The van der Waals surface area contributed by atoms with E-state index in [1.807, 2.05) is 18.2 Å². The molecule has 0 bridgehead atoms. The van der Waals surface area contributed by atoms with Crippen LogP contribution in [0.5, 0.6) is 11.5 Å². The number of phenolic OH excluding ortho intramolecular Hbond substituents is 1. The Kier molecular flexibility index (Phi) is 1.68. The molecule has 0 unspecified atom stereocenters. The van der Waals surface area contributed by atoms with Crippen LogP contribution in [0.4, 0.5) is 0 Å². The molecule has 2 heteroatoms. The Hall–Kier alpha value is -1.96. The number of hydrogen-bond acceptors (Lipinski definition) is 2. The van der Waals surface area contributed by atoms with Crippen LogP contribution in [-0.2, 0) is 0 Å². The fraction of sp³-hybridized carbons (Fsp3) is 0.0769. The molecule has 1 N–H and O–H groups in total. The van der Waals surface area contributed by atoms with Gasteiger partial charge in [0, 0.05) is 0 Å². The van der Waals surface area contributed by atoms with E-state index in [0.29, 0.717) is 0 Å². The van der Waals surface area contributed by atoms with Gasteiger partial charge in [0.1, 0.15) is 11.5 Å². The van der Waals surface area contributed by atoms with Crippen molar-refractivity contribution in [2.45, 2.75) is 6.42 Å². The van der Waals surface area contributed by atoms with Crippen molar-refractivity contribution in [1.82, 2.24) is 0 Å². The van der Waals surface area contributed by atoms with Crippen molar-refractivity contribution in [2.24, 2.45) is 0 Å². The molecule has 1 aromatic rings. The van der Waals surface area contributed by atoms with Crippen LogP contribution < -0.4 is 4.74 Å². The number of allylic oxidation sites excluding steroid dienone is 5. The predicted octanol–water partition coefficient (Wildman–Crippen LogP) is 3.01. The summed E-state index contributed by atoms with van der Waals surface area (Å²) >= 11 is 0. The van der Waals surface area contributed by atoms with Gasteiger partial charge in [-0.05, 0) is 29.7 Å². The van der Waals surface area contributed by atoms with Crippen LogP contribution in [0.3, 0.4) is 0 Å². The summed E-state index contributed by atoms with van der Waals surface area (Å²) in [5, 5.41) is 9.82. The highest BCUT2D eigenvalue weighted by Crippen LogP contribution is 2.42. The molecule has 3 rings (SSSR count). The third kappa shape index (κ3) is 1.18. The molecular weight excluding hydrogens is 188 g/mol. The summed E-state index contributed by atoms with van der Waals surface area (Å²) in [6.07, 6.45) is 8.71. The average molecular weight is 198 g/mol. The largest absolute Gasteiger partial charge is 0.507 e. The van der Waals surface area contributed by atoms with E-state index in [9.17, 15) is 5.11 Å². The normalized spacial score (nSPS) is 17.1. The average Bonchev–Trinajstić information content (AvgIpc) is 2.29. The summed E-state index contributed by atoms with van der Waals surface area (Å²) in [6, 6.07) is 5.33. The molecule has 0 amide bonds. The maximum atomic E-state index is 9.82. The molecule has 1 heterocycles. The van der Waals surface area contributed by atoms with Crippen molar-refractivity contribution in [3.8, 4) is 11.5 Å². The second-order valence-electron chi connectivity index (χ2n) is 3.62. The molecule has 1 aromatic carbocycles. The van der Waals surface area contributed by atoms with Crippen LogP contribution in [0.1, 0.15) is 12.0 Å². The maximum Gasteiger partial charge on any atom is 0.138 e. The zero-order valence-corrected chi connectivity index (χ0v) is 8.10. The first-order chi connectivity index (χ1) is 7.36. The van der Waals surface area contributed by atoms with E-state index >= 15 is 0 Å². The molecule has 0 spiro atoms. The van der Waals surface area contributed by atoms with E-state index in [2.05, 4.69) is 6.08 Å². The molecule has 0 atom stereocenters. The third-order valence-electron chi connectivity index (χ3n) is 2.68. The van der Waals surface area contributed by atoms with E-state index in [1.54, 1.807) is 18.4 Å². The number of fused-ring (bicyclic) bond motifs is 3. The highest BCUT2D eigenvalue weighted by molar-refractivity contribution is 5.88. The Morgan fingerprint density at radius 2 is 2.20 bits per heavy atom. The van der Waals surface area contributed by atoms with Gasteiger partial charge >= 0.3 is 0 Å². The Balaban J connectivity index is 2.26. The van der Waals surface area contributed by atoms with Crippen molar-refractivity contribution < 1.29 is 9.84 Å². The van der Waals surface area contributed by atoms with Crippen LogP contribution in [-0.4, -0.2) is 5.11 Å². The van der Waals surface area contributed by atoms with Gasteiger partial charge in [0.2, 0.25) is 0 Å². The Morgan fingerprint density at radius 3 is 3.13 bits per heavy atom. The van der Waals surface area contributed by atoms with Gasteiger partial charge in [-0.1, -0.05) is 24.3 Å². The lowest BCUT2D eigenvalue weighted by molar-refractivity contribution is 0.444. The van der Waals surface area contributed by atoms with Crippen molar-refractivity contribution in [1.29, 1.82) is 0 Å². The Labute approximate surface area is 87.8 Å². The molecule has 1 aliphatic heterocycles. The molecule has 0 fully saturated rings. The quantitative estimate of drug-likeness (QED) is 0.694. The first kappa shape index (κ1) is 8.36. The van der Waals surface area contributed by atoms with Crippen LogP contribution in [0.15, 0.2) is 48.3 Å². The van der Waals surface area contributed by atoms with Crippen molar-refractivity contribution in [3.63, 3.8) is 0 Å². The number of aromatic hydroxyl groups is 1. The fourth-order valence-electron chi connectivity index (χ4n) is 1.95. The smallest absolute Gasteiger partial charge is 0.138 e. The molecule has 0 saturated heterocycles. The second-order valence-corrected chi connectivity index (χ2v) is 3.62. The summed E-state index contributed by atoms with van der Waals surface area (Å²) in [5.74, 6) is 1.000. The number of ether oxygens (including phenoxy) is 1. The molecule has 2 aliphatic rings. The molecule has 74 valence electrons. The zero-order chi connectivity index (χ0) is 10.3. The highest BCUT2D eigenvalue weighted by atomic mass is 16.5. The molecule has 0 aromatic heterocycles. The molecule has 0 saturated carbocycles. The van der Waals surface area contributed by atoms with E-state index in [-0.39, 0.29) is 5.75 Å². The lowest BCUT2D eigenvalue weighted by atomic mass is 9.90. The molecule has 15 heavy (non-hydrogen) atoms. The topological polar surface area (TPSA) is 29.5 Å². The van der Waals surface area contributed by atoms with Gasteiger partial charge in [-0.25, -0.2) is 0 Å². The van der Waals surface area contributed by atoms with E-state index < -0.39 is 0 Å². The summed E-state index contributed by atoms with van der Waals surface area (Å²) in [6.45, 7) is 0. The number of phenols is 1. The second kappa shape index (κ2) is 3.02. The molecular formula is C13H10O2. The van der Waals surface area contributed by atoms with E-state index in [1.165, 1.54) is 0 Å². The van der Waals surface area contributed by atoms with Crippen LogP contribution in [0, 0.1) is 0 Å². The standard InChI is InChI=1S/C13H10O2/c14-11-6-3-7-12-13(11)10-5-2-1-4-9(10)8-15-12/h1-3,5-8,14H,4H2. The summed E-state index contributed by atoms with van der Waals surface area (Å²) < 4.78 is 5.48. The van der Waals surface area contributed by atoms with Crippen molar-refractivity contribution in [2.75, 3.05) is 0 Å². The highest BCUT2D eigenvalue weighted by Gasteiger charge is 2.21. The molecule has 0 radical (unpaired) electrons. The van der Waals surface area contributed by atoms with Gasteiger partial charge in [0.25, 0.3) is 0 Å². The number of benzene rings is 1. The van der Waals surface area contributed by atoms with Crippen molar-refractivity contribution >= 4 is 5.57 Å². The Bertz CT molecular complexity index is 507. The zero-order valence-electron chi connectivity index (χ0n) is 8.10. The number of rotatable bonds is 0. The lowest BCUT2D eigenvalue weighted by Crippen LogP contribution is -2.03. The monoisotopic (exact) mass is 198 g/mol. The first-order valence-corrected chi connectivity index (χ1v) is 4.91. The minimum Gasteiger partial charge on any atom is -0.507 e. The SMILES string of the molecule is Oc1cccc2c1C1=CC=CCC1=CO2. The third-order valence-corrected chi connectivity index (χ3v) is 2.68. The molecule has 2 nitrogen and oxygen atoms in total. The van der Waals surface area contributed by atoms with Gasteiger partial charge < -0.3 is 9.84 Å². The predicted molar refractivity (Wildman–Crippen MR) is 58.6 cm³/mol. The minimum absolute atomic E-state index is 0.277.